The average molecular weight is 276 g/mol. The number of carbonyl (C=O) groups is 2. The SMILES string of the molecule is COC(=O)c1cc(C)c(C)c(C(CC(=O)O)C2CC2)c1. The zero-order chi connectivity index (χ0) is 14.9. The summed E-state index contributed by atoms with van der Waals surface area (Å²) in [5.41, 5.74) is 3.56. The molecular weight excluding hydrogens is 256 g/mol. The molecule has 108 valence electrons. The van der Waals surface area contributed by atoms with Crippen molar-refractivity contribution < 1.29 is 19.4 Å². The fourth-order valence-electron chi connectivity index (χ4n) is 2.72. The van der Waals surface area contributed by atoms with E-state index in [1.807, 2.05) is 13.8 Å². The molecule has 1 unspecified atom stereocenters. The van der Waals surface area contributed by atoms with Gasteiger partial charge in [0.05, 0.1) is 19.1 Å². The molecule has 0 heterocycles. The minimum absolute atomic E-state index is 0.00388. The first-order valence-corrected chi connectivity index (χ1v) is 6.85. The van der Waals surface area contributed by atoms with Crippen LogP contribution in [0.5, 0.6) is 0 Å². The Kier molecular flexibility index (Phi) is 4.12. The number of esters is 1. The Labute approximate surface area is 118 Å². The summed E-state index contributed by atoms with van der Waals surface area (Å²) < 4.78 is 4.77. The fraction of sp³-hybridized carbons (Fsp3) is 0.500. The van der Waals surface area contributed by atoms with Gasteiger partial charge >= 0.3 is 11.9 Å². The van der Waals surface area contributed by atoms with Crippen molar-refractivity contribution in [1.29, 1.82) is 0 Å². The van der Waals surface area contributed by atoms with Crippen molar-refractivity contribution >= 4 is 11.9 Å². The second kappa shape index (κ2) is 5.65. The summed E-state index contributed by atoms with van der Waals surface area (Å²) in [6, 6.07) is 3.61. The van der Waals surface area contributed by atoms with Gasteiger partial charge < -0.3 is 9.84 Å². The number of aryl methyl sites for hydroxylation is 1. The van der Waals surface area contributed by atoms with Crippen molar-refractivity contribution in [2.24, 2.45) is 5.92 Å². The molecule has 4 nitrogen and oxygen atoms in total. The third-order valence-corrected chi connectivity index (χ3v) is 4.11. The van der Waals surface area contributed by atoms with Crippen LogP contribution >= 0.6 is 0 Å². The quantitative estimate of drug-likeness (QED) is 0.839. The monoisotopic (exact) mass is 276 g/mol. The first-order valence-electron chi connectivity index (χ1n) is 6.85. The molecule has 0 spiro atoms. The van der Waals surface area contributed by atoms with Gasteiger partial charge in [-0.15, -0.1) is 0 Å². The minimum Gasteiger partial charge on any atom is -0.481 e. The van der Waals surface area contributed by atoms with Crippen LogP contribution in [0.25, 0.3) is 0 Å². The molecule has 0 aromatic heterocycles. The standard InChI is InChI=1S/C16H20O4/c1-9-6-12(16(19)20-3)7-13(10(9)2)14(8-15(17)18)11-4-5-11/h6-7,11,14H,4-5,8H2,1-3H3,(H,17,18). The highest BCUT2D eigenvalue weighted by Crippen LogP contribution is 2.46. The molecule has 1 aliphatic carbocycles. The first kappa shape index (κ1) is 14.6. The van der Waals surface area contributed by atoms with E-state index in [9.17, 15) is 9.59 Å². The number of hydrogen-bond acceptors (Lipinski definition) is 3. The van der Waals surface area contributed by atoms with Crippen LogP contribution in [0.15, 0.2) is 12.1 Å². The predicted molar refractivity (Wildman–Crippen MR) is 75.0 cm³/mol. The van der Waals surface area contributed by atoms with E-state index in [1.165, 1.54) is 7.11 Å². The third-order valence-electron chi connectivity index (χ3n) is 4.11. The highest BCUT2D eigenvalue weighted by Gasteiger charge is 2.35. The van der Waals surface area contributed by atoms with Crippen molar-refractivity contribution in [3.63, 3.8) is 0 Å². The molecule has 0 bridgehead atoms. The second-order valence-corrected chi connectivity index (χ2v) is 5.54. The molecule has 20 heavy (non-hydrogen) atoms. The van der Waals surface area contributed by atoms with E-state index in [-0.39, 0.29) is 18.3 Å². The van der Waals surface area contributed by atoms with E-state index in [2.05, 4.69) is 0 Å². The minimum atomic E-state index is -0.789. The molecule has 0 radical (unpaired) electrons. The van der Waals surface area contributed by atoms with E-state index >= 15 is 0 Å². The van der Waals surface area contributed by atoms with Crippen LogP contribution in [0.4, 0.5) is 0 Å². The number of aliphatic carboxylic acids is 1. The number of carboxylic acid groups (broad SMARTS) is 1. The molecular formula is C16H20O4. The number of benzene rings is 1. The van der Waals surface area contributed by atoms with Crippen molar-refractivity contribution in [3.05, 3.63) is 34.4 Å². The summed E-state index contributed by atoms with van der Waals surface area (Å²) in [6.45, 7) is 3.93. The van der Waals surface area contributed by atoms with E-state index in [0.717, 1.165) is 29.5 Å². The topological polar surface area (TPSA) is 63.6 Å². The lowest BCUT2D eigenvalue weighted by Gasteiger charge is -2.19. The summed E-state index contributed by atoms with van der Waals surface area (Å²) in [7, 11) is 1.35. The summed E-state index contributed by atoms with van der Waals surface area (Å²) in [4.78, 5) is 22.8. The Morgan fingerprint density at radius 3 is 2.50 bits per heavy atom. The number of ether oxygens (including phenoxy) is 1. The molecule has 1 saturated carbocycles. The number of methoxy groups -OCH3 is 1. The summed E-state index contributed by atoms with van der Waals surface area (Å²) in [5.74, 6) is -0.741. The molecule has 1 aromatic carbocycles. The first-order chi connectivity index (χ1) is 9.43. The van der Waals surface area contributed by atoms with Gasteiger partial charge in [0.1, 0.15) is 0 Å². The Morgan fingerprint density at radius 2 is 2.00 bits per heavy atom. The van der Waals surface area contributed by atoms with E-state index < -0.39 is 5.97 Å². The Morgan fingerprint density at radius 1 is 1.35 bits per heavy atom. The van der Waals surface area contributed by atoms with Crippen LogP contribution in [0.1, 0.15) is 52.2 Å². The van der Waals surface area contributed by atoms with Gasteiger partial charge in [-0.05, 0) is 67.3 Å². The fourth-order valence-corrected chi connectivity index (χ4v) is 2.72. The zero-order valence-electron chi connectivity index (χ0n) is 12.1. The van der Waals surface area contributed by atoms with Crippen molar-refractivity contribution in [2.75, 3.05) is 7.11 Å². The molecule has 0 saturated heterocycles. The normalized spacial score (nSPS) is 15.8. The molecule has 0 aliphatic heterocycles. The number of carboxylic acids is 1. The van der Waals surface area contributed by atoms with Gasteiger partial charge in [0.2, 0.25) is 0 Å². The summed E-state index contributed by atoms with van der Waals surface area (Å²) >= 11 is 0. The number of hydrogen-bond donors (Lipinski definition) is 1. The molecule has 1 aliphatic rings. The maximum Gasteiger partial charge on any atom is 0.337 e. The Balaban J connectivity index is 2.44. The van der Waals surface area contributed by atoms with E-state index in [1.54, 1.807) is 12.1 Å². The van der Waals surface area contributed by atoms with Crippen molar-refractivity contribution in [2.45, 2.75) is 39.0 Å². The van der Waals surface area contributed by atoms with Gasteiger partial charge in [-0.25, -0.2) is 4.79 Å². The van der Waals surface area contributed by atoms with Crippen molar-refractivity contribution in [3.8, 4) is 0 Å². The van der Waals surface area contributed by atoms with Gasteiger partial charge in [-0.1, -0.05) is 0 Å². The Bertz CT molecular complexity index is 544. The van der Waals surface area contributed by atoms with Crippen LogP contribution in [0.3, 0.4) is 0 Å². The summed E-state index contributed by atoms with van der Waals surface area (Å²) in [6.07, 6.45) is 2.26. The largest absolute Gasteiger partial charge is 0.481 e. The lowest BCUT2D eigenvalue weighted by atomic mass is 9.85. The van der Waals surface area contributed by atoms with Gasteiger partial charge in [-0.2, -0.15) is 0 Å². The zero-order valence-corrected chi connectivity index (χ0v) is 12.1. The van der Waals surface area contributed by atoms with Crippen molar-refractivity contribution in [1.82, 2.24) is 0 Å². The van der Waals surface area contributed by atoms with Crippen LogP contribution < -0.4 is 0 Å². The molecule has 1 aromatic rings. The van der Waals surface area contributed by atoms with Crippen LogP contribution in [-0.2, 0) is 9.53 Å². The molecule has 1 fully saturated rings. The summed E-state index contributed by atoms with van der Waals surface area (Å²) in [5, 5.41) is 9.12. The molecule has 1 N–H and O–H groups in total. The highest BCUT2D eigenvalue weighted by molar-refractivity contribution is 5.90. The number of carbonyl (C=O) groups excluding carboxylic acids is 1. The smallest absolute Gasteiger partial charge is 0.337 e. The Hall–Kier alpha value is -1.84. The lowest BCUT2D eigenvalue weighted by molar-refractivity contribution is -0.137. The van der Waals surface area contributed by atoms with Crippen LogP contribution in [0.2, 0.25) is 0 Å². The van der Waals surface area contributed by atoms with E-state index in [0.29, 0.717) is 11.5 Å². The molecule has 2 rings (SSSR count). The molecule has 1 atom stereocenters. The third kappa shape index (κ3) is 3.00. The highest BCUT2D eigenvalue weighted by atomic mass is 16.5. The van der Waals surface area contributed by atoms with Crippen LogP contribution in [-0.4, -0.2) is 24.2 Å². The van der Waals surface area contributed by atoms with Gasteiger partial charge in [0, 0.05) is 0 Å². The molecule has 4 heteroatoms. The average Bonchev–Trinajstić information content (AvgIpc) is 3.22. The van der Waals surface area contributed by atoms with Gasteiger partial charge in [0.15, 0.2) is 0 Å². The van der Waals surface area contributed by atoms with Crippen LogP contribution in [0, 0.1) is 19.8 Å². The molecule has 0 amide bonds. The predicted octanol–water partition coefficient (Wildman–Crippen LogP) is 3.06. The van der Waals surface area contributed by atoms with E-state index in [4.69, 9.17) is 9.84 Å². The second-order valence-electron chi connectivity index (χ2n) is 5.54. The maximum absolute atomic E-state index is 11.7. The van der Waals surface area contributed by atoms with Gasteiger partial charge in [-0.3, -0.25) is 4.79 Å². The number of rotatable bonds is 5. The maximum atomic E-state index is 11.7. The lowest BCUT2D eigenvalue weighted by Crippen LogP contribution is -2.12. The van der Waals surface area contributed by atoms with Gasteiger partial charge in [0.25, 0.3) is 0 Å².